The second-order valence-electron chi connectivity index (χ2n) is 5.34. The van der Waals surface area contributed by atoms with Gasteiger partial charge in [0, 0.05) is 16.8 Å². The van der Waals surface area contributed by atoms with Crippen molar-refractivity contribution in [1.82, 2.24) is 9.97 Å². The summed E-state index contributed by atoms with van der Waals surface area (Å²) >= 11 is 1.65. The van der Waals surface area contributed by atoms with Crippen molar-refractivity contribution in [3.63, 3.8) is 0 Å². The molecule has 2 aromatic rings. The van der Waals surface area contributed by atoms with Crippen LogP contribution in [0.2, 0.25) is 0 Å². The van der Waals surface area contributed by atoms with Crippen LogP contribution in [-0.4, -0.2) is 21.4 Å². The number of thiophene rings is 1. The van der Waals surface area contributed by atoms with Crippen LogP contribution < -0.4 is 11.1 Å². The molecule has 0 fully saturated rings. The third-order valence-electron chi connectivity index (χ3n) is 3.14. The predicted octanol–water partition coefficient (Wildman–Crippen LogP) is 2.73. The summed E-state index contributed by atoms with van der Waals surface area (Å²) in [5.41, 5.74) is 5.53. The van der Waals surface area contributed by atoms with Crippen molar-refractivity contribution >= 4 is 28.8 Å². The minimum absolute atomic E-state index is 0.0227. The molecule has 0 aliphatic heterocycles. The molecular weight excluding hydrogens is 290 g/mol. The molecule has 0 amide bonds. The Morgan fingerprint density at radius 3 is 2.76 bits per heavy atom. The zero-order valence-corrected chi connectivity index (χ0v) is 12.9. The van der Waals surface area contributed by atoms with Gasteiger partial charge in [0.25, 0.3) is 0 Å². The molecule has 0 aliphatic carbocycles. The quantitative estimate of drug-likeness (QED) is 0.649. The van der Waals surface area contributed by atoms with Gasteiger partial charge in [-0.05, 0) is 18.4 Å². The van der Waals surface area contributed by atoms with Crippen LogP contribution in [0.4, 0.5) is 17.5 Å². The fourth-order valence-corrected chi connectivity index (χ4v) is 2.84. The maximum atomic E-state index is 11.2. The molecule has 0 spiro atoms. The summed E-state index contributed by atoms with van der Waals surface area (Å²) in [7, 11) is 0. The highest BCUT2D eigenvalue weighted by atomic mass is 32.1. The van der Waals surface area contributed by atoms with Gasteiger partial charge in [0.2, 0.25) is 11.8 Å². The monoisotopic (exact) mass is 307 g/mol. The number of anilines is 2. The lowest BCUT2D eigenvalue weighted by atomic mass is 9.91. The molecule has 0 aromatic carbocycles. The predicted molar refractivity (Wildman–Crippen MR) is 83.7 cm³/mol. The zero-order valence-electron chi connectivity index (χ0n) is 12.1. The second kappa shape index (κ2) is 5.65. The molecule has 0 bridgehead atoms. The van der Waals surface area contributed by atoms with Crippen LogP contribution in [0.5, 0.6) is 0 Å². The summed E-state index contributed by atoms with van der Waals surface area (Å²) < 4.78 is 0. The summed E-state index contributed by atoms with van der Waals surface area (Å²) in [5, 5.41) is 16.2. The van der Waals surface area contributed by atoms with Gasteiger partial charge in [0.05, 0.1) is 4.92 Å². The highest BCUT2D eigenvalue weighted by molar-refractivity contribution is 7.10. The lowest BCUT2D eigenvalue weighted by molar-refractivity contribution is -0.385. The molecule has 2 heterocycles. The molecule has 0 saturated heterocycles. The normalized spacial score (nSPS) is 11.4. The molecule has 0 unspecified atom stereocenters. The Labute approximate surface area is 126 Å². The summed E-state index contributed by atoms with van der Waals surface area (Å²) in [6.45, 7) is 6.18. The van der Waals surface area contributed by atoms with Crippen LogP contribution in [-0.2, 0) is 5.41 Å². The lowest BCUT2D eigenvalue weighted by Crippen LogP contribution is -2.27. The molecule has 21 heavy (non-hydrogen) atoms. The van der Waals surface area contributed by atoms with Crippen molar-refractivity contribution in [2.45, 2.75) is 26.2 Å². The van der Waals surface area contributed by atoms with Crippen molar-refractivity contribution in [2.75, 3.05) is 17.6 Å². The molecule has 7 nitrogen and oxygen atoms in total. The van der Waals surface area contributed by atoms with Crippen molar-refractivity contribution in [3.05, 3.63) is 38.2 Å². The standard InChI is InChI=1S/C13H17N5O2S/c1-8-10(18(19)20)11(17-12(14)16-8)15-7-13(2,3)9-5-4-6-21-9/h4-6H,7H2,1-3H3,(H3,14,15,16,17). The van der Waals surface area contributed by atoms with Crippen LogP contribution in [0.3, 0.4) is 0 Å². The molecule has 2 aromatic heterocycles. The Bertz CT molecular complexity index is 655. The number of nitro groups is 1. The van der Waals surface area contributed by atoms with Gasteiger partial charge in [0.1, 0.15) is 5.69 Å². The van der Waals surface area contributed by atoms with Crippen molar-refractivity contribution in [2.24, 2.45) is 0 Å². The fraction of sp³-hybridized carbons (Fsp3) is 0.385. The maximum absolute atomic E-state index is 11.2. The highest BCUT2D eigenvalue weighted by Gasteiger charge is 2.26. The maximum Gasteiger partial charge on any atom is 0.332 e. The number of nitrogens with one attached hydrogen (secondary N) is 1. The van der Waals surface area contributed by atoms with Gasteiger partial charge in [0.15, 0.2) is 0 Å². The Hall–Kier alpha value is -2.22. The number of aromatic nitrogens is 2. The van der Waals surface area contributed by atoms with Crippen molar-refractivity contribution < 1.29 is 4.92 Å². The van der Waals surface area contributed by atoms with E-state index in [0.29, 0.717) is 6.54 Å². The second-order valence-corrected chi connectivity index (χ2v) is 6.28. The molecule has 2 rings (SSSR count). The van der Waals surface area contributed by atoms with Crippen molar-refractivity contribution in [3.8, 4) is 0 Å². The number of aryl methyl sites for hydroxylation is 1. The number of nitrogens with two attached hydrogens (primary N) is 1. The van der Waals surface area contributed by atoms with E-state index in [4.69, 9.17) is 5.73 Å². The summed E-state index contributed by atoms with van der Waals surface area (Å²) in [6.07, 6.45) is 0. The van der Waals surface area contributed by atoms with E-state index in [9.17, 15) is 10.1 Å². The van der Waals surface area contributed by atoms with Crippen LogP contribution in [0.1, 0.15) is 24.4 Å². The van der Waals surface area contributed by atoms with E-state index in [1.165, 1.54) is 4.88 Å². The van der Waals surface area contributed by atoms with Crippen molar-refractivity contribution in [1.29, 1.82) is 0 Å². The minimum atomic E-state index is -0.491. The largest absolute Gasteiger partial charge is 0.368 e. The molecule has 0 radical (unpaired) electrons. The third-order valence-corrected chi connectivity index (χ3v) is 4.38. The topological polar surface area (TPSA) is 107 Å². The van der Waals surface area contributed by atoms with Gasteiger partial charge < -0.3 is 11.1 Å². The fourth-order valence-electron chi connectivity index (χ4n) is 1.99. The summed E-state index contributed by atoms with van der Waals surface area (Å²) in [5.74, 6) is 0.184. The first-order chi connectivity index (χ1) is 9.81. The average Bonchev–Trinajstić information content (AvgIpc) is 2.89. The Morgan fingerprint density at radius 2 is 2.19 bits per heavy atom. The molecule has 0 saturated carbocycles. The first-order valence-electron chi connectivity index (χ1n) is 6.37. The van der Waals surface area contributed by atoms with Gasteiger partial charge in [-0.3, -0.25) is 10.1 Å². The van der Waals surface area contributed by atoms with E-state index in [2.05, 4.69) is 29.1 Å². The van der Waals surface area contributed by atoms with E-state index in [1.54, 1.807) is 18.3 Å². The van der Waals surface area contributed by atoms with Gasteiger partial charge >= 0.3 is 5.69 Å². The Balaban J connectivity index is 2.26. The zero-order chi connectivity index (χ0) is 15.6. The van der Waals surface area contributed by atoms with E-state index in [0.717, 1.165) is 0 Å². The molecule has 8 heteroatoms. The average molecular weight is 307 g/mol. The third kappa shape index (κ3) is 3.27. The Kier molecular flexibility index (Phi) is 4.08. The lowest BCUT2D eigenvalue weighted by Gasteiger charge is -2.24. The molecule has 0 aliphatic rings. The van der Waals surface area contributed by atoms with Crippen LogP contribution in [0.25, 0.3) is 0 Å². The van der Waals surface area contributed by atoms with E-state index in [-0.39, 0.29) is 28.6 Å². The molecule has 112 valence electrons. The van der Waals surface area contributed by atoms with Crippen LogP contribution >= 0.6 is 11.3 Å². The molecule has 3 N–H and O–H groups in total. The van der Waals surface area contributed by atoms with Gasteiger partial charge in [-0.1, -0.05) is 19.9 Å². The number of rotatable bonds is 5. The highest BCUT2D eigenvalue weighted by Crippen LogP contribution is 2.30. The van der Waals surface area contributed by atoms with E-state index >= 15 is 0 Å². The Morgan fingerprint density at radius 1 is 1.48 bits per heavy atom. The summed E-state index contributed by atoms with van der Waals surface area (Å²) in [6, 6.07) is 4.03. The number of hydrogen-bond acceptors (Lipinski definition) is 7. The SMILES string of the molecule is Cc1nc(N)nc(NCC(C)(C)c2cccs2)c1[N+](=O)[O-]. The van der Waals surface area contributed by atoms with Crippen LogP contribution in [0.15, 0.2) is 17.5 Å². The summed E-state index contributed by atoms with van der Waals surface area (Å²) in [4.78, 5) is 19.6. The van der Waals surface area contributed by atoms with Crippen LogP contribution in [0, 0.1) is 17.0 Å². The van der Waals surface area contributed by atoms with E-state index < -0.39 is 4.92 Å². The molecule has 0 atom stereocenters. The molecular formula is C13H17N5O2S. The number of nitrogens with zero attached hydrogens (tertiary/aromatic N) is 3. The van der Waals surface area contributed by atoms with Gasteiger partial charge in [-0.2, -0.15) is 4.98 Å². The minimum Gasteiger partial charge on any atom is -0.368 e. The number of hydrogen-bond donors (Lipinski definition) is 2. The van der Waals surface area contributed by atoms with Gasteiger partial charge in [-0.15, -0.1) is 11.3 Å². The smallest absolute Gasteiger partial charge is 0.332 e. The first kappa shape index (κ1) is 15.2. The number of nitrogen functional groups attached to an aromatic ring is 1. The van der Waals surface area contributed by atoms with E-state index in [1.807, 2.05) is 17.5 Å². The first-order valence-corrected chi connectivity index (χ1v) is 7.25. The van der Waals surface area contributed by atoms with Gasteiger partial charge in [-0.25, -0.2) is 4.98 Å².